The molecule has 0 fully saturated rings. The van der Waals surface area contributed by atoms with E-state index < -0.39 is 39.4 Å². The number of sulfone groups is 1. The minimum Gasteiger partial charge on any atom is -0.481 e. The Morgan fingerprint density at radius 2 is 1.48 bits per heavy atom. The summed E-state index contributed by atoms with van der Waals surface area (Å²) in [6, 6.07) is 18.9. The number of carboxylic acid groups (broad SMARTS) is 1. The molecule has 0 bridgehead atoms. The first-order valence-electron chi connectivity index (χ1n) is 9.75. The molecule has 0 spiro atoms. The van der Waals surface area contributed by atoms with Crippen molar-refractivity contribution in [3.63, 3.8) is 0 Å². The van der Waals surface area contributed by atoms with E-state index in [4.69, 9.17) is 5.73 Å². The highest BCUT2D eigenvalue weighted by molar-refractivity contribution is 7.91. The van der Waals surface area contributed by atoms with Gasteiger partial charge in [0.2, 0.25) is 0 Å². The van der Waals surface area contributed by atoms with E-state index in [1.807, 2.05) is 0 Å². The fraction of sp³-hybridized carbons (Fsp3) is 0.0870. The van der Waals surface area contributed by atoms with Crippen LogP contribution in [0.25, 0.3) is 0 Å². The number of amides is 3. The van der Waals surface area contributed by atoms with E-state index in [1.54, 1.807) is 42.5 Å². The van der Waals surface area contributed by atoms with E-state index in [1.165, 1.54) is 36.4 Å². The summed E-state index contributed by atoms with van der Waals surface area (Å²) in [6.07, 6.45) is -0.609. The van der Waals surface area contributed by atoms with Gasteiger partial charge in [-0.15, -0.1) is 0 Å². The molecule has 0 aliphatic heterocycles. The second-order valence-electron chi connectivity index (χ2n) is 7.09. The number of urea groups is 1. The summed E-state index contributed by atoms with van der Waals surface area (Å²) in [5.41, 5.74) is 6.18. The Hall–Kier alpha value is -4.18. The molecule has 0 saturated heterocycles. The molecule has 5 N–H and O–H groups in total. The van der Waals surface area contributed by atoms with E-state index in [-0.39, 0.29) is 16.1 Å². The molecule has 3 amide bonds. The molecular weight excluding hydrogens is 446 g/mol. The standard InChI is InChI=1S/C23H21N3O6S/c24-23(30)26-17-9-4-8-16(12-17)22(29)25-18-10-5-11-19(13-18)33(31,32)20(14-21(27)28)15-6-2-1-3-7-15/h1-13,20H,14H2,(H,25,29)(H,27,28)(H3,24,26,30). The second kappa shape index (κ2) is 9.96. The van der Waals surface area contributed by atoms with Gasteiger partial charge in [-0.2, -0.15) is 0 Å². The van der Waals surface area contributed by atoms with Gasteiger partial charge >= 0.3 is 12.0 Å². The topological polar surface area (TPSA) is 156 Å². The maximum atomic E-state index is 13.3. The predicted molar refractivity (Wildman–Crippen MR) is 123 cm³/mol. The molecule has 0 aliphatic rings. The third kappa shape index (κ3) is 5.95. The minimum atomic E-state index is -4.09. The van der Waals surface area contributed by atoms with Crippen molar-refractivity contribution >= 4 is 39.1 Å². The Bertz CT molecular complexity index is 1290. The summed E-state index contributed by atoms with van der Waals surface area (Å²) in [4.78, 5) is 34.9. The molecule has 33 heavy (non-hydrogen) atoms. The number of hydrogen-bond donors (Lipinski definition) is 4. The van der Waals surface area contributed by atoms with Crippen LogP contribution < -0.4 is 16.4 Å². The molecule has 1 unspecified atom stereocenters. The lowest BCUT2D eigenvalue weighted by molar-refractivity contribution is -0.137. The lowest BCUT2D eigenvalue weighted by Crippen LogP contribution is -2.20. The van der Waals surface area contributed by atoms with Gasteiger partial charge in [0.1, 0.15) is 5.25 Å². The average molecular weight is 468 g/mol. The fourth-order valence-corrected chi connectivity index (χ4v) is 5.00. The van der Waals surface area contributed by atoms with Gasteiger partial charge in [0, 0.05) is 16.9 Å². The normalized spacial score (nSPS) is 11.9. The van der Waals surface area contributed by atoms with Gasteiger partial charge in [0.05, 0.1) is 11.3 Å². The number of anilines is 2. The Morgan fingerprint density at radius 1 is 0.848 bits per heavy atom. The quantitative estimate of drug-likeness (QED) is 0.398. The molecule has 0 aliphatic carbocycles. The first-order valence-corrected chi connectivity index (χ1v) is 11.3. The van der Waals surface area contributed by atoms with Crippen molar-refractivity contribution in [1.29, 1.82) is 0 Å². The van der Waals surface area contributed by atoms with Gasteiger partial charge < -0.3 is 21.5 Å². The average Bonchev–Trinajstić information content (AvgIpc) is 2.78. The zero-order valence-electron chi connectivity index (χ0n) is 17.3. The molecule has 1 atom stereocenters. The SMILES string of the molecule is NC(=O)Nc1cccc(C(=O)Nc2cccc(S(=O)(=O)C(CC(=O)O)c3ccccc3)c2)c1. The number of rotatable bonds is 8. The van der Waals surface area contributed by atoms with E-state index in [9.17, 15) is 27.9 Å². The number of nitrogens with two attached hydrogens (primary N) is 1. The van der Waals surface area contributed by atoms with Crippen LogP contribution in [0.4, 0.5) is 16.2 Å². The molecule has 170 valence electrons. The van der Waals surface area contributed by atoms with Crippen molar-refractivity contribution in [2.75, 3.05) is 10.6 Å². The summed E-state index contributed by atoms with van der Waals surface area (Å²) in [7, 11) is -4.09. The molecule has 10 heteroatoms. The highest BCUT2D eigenvalue weighted by Gasteiger charge is 2.31. The van der Waals surface area contributed by atoms with Crippen LogP contribution in [0, 0.1) is 0 Å². The summed E-state index contributed by atoms with van der Waals surface area (Å²) < 4.78 is 26.6. The number of hydrogen-bond acceptors (Lipinski definition) is 5. The molecule has 0 radical (unpaired) electrons. The fourth-order valence-electron chi connectivity index (χ4n) is 3.23. The van der Waals surface area contributed by atoms with E-state index >= 15 is 0 Å². The number of benzene rings is 3. The van der Waals surface area contributed by atoms with E-state index in [0.29, 0.717) is 11.3 Å². The highest BCUT2D eigenvalue weighted by Crippen LogP contribution is 2.33. The van der Waals surface area contributed by atoms with E-state index in [2.05, 4.69) is 10.6 Å². The second-order valence-corrected chi connectivity index (χ2v) is 9.22. The van der Waals surface area contributed by atoms with Crippen molar-refractivity contribution < 1.29 is 27.9 Å². The first-order chi connectivity index (χ1) is 15.7. The number of carbonyl (C=O) groups excluding carboxylic acids is 2. The van der Waals surface area contributed by atoms with Crippen molar-refractivity contribution in [3.8, 4) is 0 Å². The Kier molecular flexibility index (Phi) is 7.09. The smallest absolute Gasteiger partial charge is 0.316 e. The van der Waals surface area contributed by atoms with Crippen LogP contribution >= 0.6 is 0 Å². The van der Waals surface area contributed by atoms with E-state index in [0.717, 1.165) is 0 Å². The number of carbonyl (C=O) groups is 3. The summed E-state index contributed by atoms with van der Waals surface area (Å²) >= 11 is 0. The van der Waals surface area contributed by atoms with Crippen LogP contribution in [0.3, 0.4) is 0 Å². The molecule has 3 rings (SSSR count). The summed E-state index contributed by atoms with van der Waals surface area (Å²) in [5, 5.41) is 13.0. The molecular formula is C23H21N3O6S. The van der Waals surface area contributed by atoms with Crippen LogP contribution in [0.5, 0.6) is 0 Å². The lowest BCUT2D eigenvalue weighted by atomic mass is 10.1. The summed E-state index contributed by atoms with van der Waals surface area (Å²) in [5.74, 6) is -1.79. The lowest BCUT2D eigenvalue weighted by Gasteiger charge is -2.17. The predicted octanol–water partition coefficient (Wildman–Crippen LogP) is 3.42. The Labute approximate surface area is 190 Å². The van der Waals surface area contributed by atoms with Crippen LogP contribution in [0.1, 0.15) is 27.6 Å². The van der Waals surface area contributed by atoms with Crippen molar-refractivity contribution in [1.82, 2.24) is 0 Å². The maximum absolute atomic E-state index is 13.3. The van der Waals surface area contributed by atoms with Crippen LogP contribution in [0.15, 0.2) is 83.8 Å². The van der Waals surface area contributed by atoms with Crippen LogP contribution in [-0.4, -0.2) is 31.4 Å². The monoisotopic (exact) mass is 467 g/mol. The molecule has 0 saturated carbocycles. The third-order valence-electron chi connectivity index (χ3n) is 4.72. The van der Waals surface area contributed by atoms with Gasteiger partial charge in [-0.25, -0.2) is 13.2 Å². The van der Waals surface area contributed by atoms with Crippen molar-refractivity contribution in [2.45, 2.75) is 16.6 Å². The van der Waals surface area contributed by atoms with Gasteiger partial charge in [0.15, 0.2) is 9.84 Å². The van der Waals surface area contributed by atoms with Crippen molar-refractivity contribution in [3.05, 3.63) is 90.0 Å². The molecule has 3 aromatic carbocycles. The molecule has 0 aromatic heterocycles. The van der Waals surface area contributed by atoms with Crippen LogP contribution in [0.2, 0.25) is 0 Å². The largest absolute Gasteiger partial charge is 0.481 e. The molecule has 9 nitrogen and oxygen atoms in total. The number of nitrogens with one attached hydrogen (secondary N) is 2. The number of carboxylic acids is 1. The zero-order valence-corrected chi connectivity index (χ0v) is 18.1. The Morgan fingerprint density at radius 3 is 2.12 bits per heavy atom. The zero-order chi connectivity index (χ0) is 24.0. The first kappa shape index (κ1) is 23.5. The highest BCUT2D eigenvalue weighted by atomic mass is 32.2. The van der Waals surface area contributed by atoms with Gasteiger partial charge in [-0.3, -0.25) is 9.59 Å². The van der Waals surface area contributed by atoms with Gasteiger partial charge in [-0.05, 0) is 42.0 Å². The van der Waals surface area contributed by atoms with Gasteiger partial charge in [0.25, 0.3) is 5.91 Å². The van der Waals surface area contributed by atoms with Crippen LogP contribution in [-0.2, 0) is 14.6 Å². The molecule has 3 aromatic rings. The minimum absolute atomic E-state index is 0.125. The third-order valence-corrected chi connectivity index (χ3v) is 6.82. The summed E-state index contributed by atoms with van der Waals surface area (Å²) in [6.45, 7) is 0. The Balaban J connectivity index is 1.88. The maximum Gasteiger partial charge on any atom is 0.316 e. The number of primary amides is 1. The van der Waals surface area contributed by atoms with Gasteiger partial charge in [-0.1, -0.05) is 42.5 Å². The molecule has 0 heterocycles. The number of aliphatic carboxylic acids is 1. The van der Waals surface area contributed by atoms with Crippen molar-refractivity contribution in [2.24, 2.45) is 5.73 Å².